The fourth-order valence-electron chi connectivity index (χ4n) is 4.89. The van der Waals surface area contributed by atoms with Crippen molar-refractivity contribution in [2.45, 2.75) is 25.8 Å². The van der Waals surface area contributed by atoms with Crippen molar-refractivity contribution in [3.63, 3.8) is 0 Å². The summed E-state index contributed by atoms with van der Waals surface area (Å²) in [7, 11) is 0. The molecule has 2 aliphatic rings. The van der Waals surface area contributed by atoms with Crippen molar-refractivity contribution in [2.75, 3.05) is 37.6 Å². The fourth-order valence-corrected chi connectivity index (χ4v) is 5.16. The summed E-state index contributed by atoms with van der Waals surface area (Å²) < 4.78 is 0. The third kappa shape index (κ3) is 4.28. The molecule has 8 heteroatoms. The van der Waals surface area contributed by atoms with Gasteiger partial charge < -0.3 is 19.8 Å². The molecular weight excluding hydrogens is 452 g/mol. The first-order valence-electron chi connectivity index (χ1n) is 11.7. The summed E-state index contributed by atoms with van der Waals surface area (Å²) >= 11 is 6.59. The molecule has 0 radical (unpaired) electrons. The van der Waals surface area contributed by atoms with Crippen LogP contribution in [-0.2, 0) is 0 Å². The summed E-state index contributed by atoms with van der Waals surface area (Å²) in [6.45, 7) is 5.04. The zero-order valence-corrected chi connectivity index (χ0v) is 19.8. The van der Waals surface area contributed by atoms with Gasteiger partial charge >= 0.3 is 6.09 Å². The molecule has 1 atom stereocenters. The van der Waals surface area contributed by atoms with Gasteiger partial charge in [-0.15, -0.1) is 0 Å². The molecule has 0 bridgehead atoms. The molecule has 34 heavy (non-hydrogen) atoms. The van der Waals surface area contributed by atoms with Crippen LogP contribution in [0.4, 0.5) is 10.5 Å². The third-order valence-electron chi connectivity index (χ3n) is 6.80. The second-order valence-corrected chi connectivity index (χ2v) is 9.45. The zero-order chi connectivity index (χ0) is 23.8. The van der Waals surface area contributed by atoms with Crippen molar-refractivity contribution >= 4 is 40.2 Å². The second-order valence-electron chi connectivity index (χ2n) is 9.04. The van der Waals surface area contributed by atoms with Crippen LogP contribution in [0.15, 0.2) is 48.5 Å². The van der Waals surface area contributed by atoms with Crippen molar-refractivity contribution in [1.29, 1.82) is 0 Å². The Morgan fingerprint density at radius 1 is 1.00 bits per heavy atom. The van der Waals surface area contributed by atoms with E-state index >= 15 is 0 Å². The Labute approximate surface area is 203 Å². The SMILES string of the molecule is CC1CN(C(=O)c2ccc3c(Cl)cc(-c4ccc(N5CCCC5)cc4)nc3c2)CCN1C(=O)O. The van der Waals surface area contributed by atoms with E-state index in [0.717, 1.165) is 29.7 Å². The minimum absolute atomic E-state index is 0.128. The van der Waals surface area contributed by atoms with Crippen LogP contribution in [0.1, 0.15) is 30.1 Å². The van der Waals surface area contributed by atoms with E-state index in [1.54, 1.807) is 17.0 Å². The van der Waals surface area contributed by atoms with Gasteiger partial charge in [-0.05, 0) is 50.1 Å². The average Bonchev–Trinajstić information content (AvgIpc) is 3.38. The number of carbonyl (C=O) groups is 2. The van der Waals surface area contributed by atoms with Crippen molar-refractivity contribution in [3.8, 4) is 11.3 Å². The van der Waals surface area contributed by atoms with Crippen molar-refractivity contribution < 1.29 is 14.7 Å². The van der Waals surface area contributed by atoms with E-state index in [9.17, 15) is 14.7 Å². The summed E-state index contributed by atoms with van der Waals surface area (Å²) in [5, 5.41) is 10.7. The van der Waals surface area contributed by atoms with Crippen LogP contribution >= 0.6 is 11.6 Å². The first-order chi connectivity index (χ1) is 16.4. The highest BCUT2D eigenvalue weighted by molar-refractivity contribution is 6.35. The van der Waals surface area contributed by atoms with Crippen molar-refractivity contribution in [3.05, 3.63) is 59.1 Å². The number of carboxylic acid groups (broad SMARTS) is 1. The molecule has 0 spiro atoms. The maximum Gasteiger partial charge on any atom is 0.407 e. The number of halogens is 1. The molecular formula is C26H27ClN4O3. The van der Waals surface area contributed by atoms with Gasteiger partial charge in [-0.2, -0.15) is 0 Å². The molecule has 2 saturated heterocycles. The third-order valence-corrected chi connectivity index (χ3v) is 7.11. The Kier molecular flexibility index (Phi) is 6.04. The first-order valence-corrected chi connectivity index (χ1v) is 12.0. The minimum Gasteiger partial charge on any atom is -0.465 e. The number of rotatable bonds is 3. The number of nitrogens with zero attached hydrogens (tertiary/aromatic N) is 4. The first kappa shape index (κ1) is 22.5. The van der Waals surface area contributed by atoms with Gasteiger partial charge in [0.05, 0.1) is 16.2 Å². The van der Waals surface area contributed by atoms with Crippen molar-refractivity contribution in [1.82, 2.24) is 14.8 Å². The molecule has 5 rings (SSSR count). The van der Waals surface area contributed by atoms with E-state index in [0.29, 0.717) is 35.7 Å². The van der Waals surface area contributed by atoms with E-state index in [-0.39, 0.29) is 11.9 Å². The number of aromatic nitrogens is 1. The molecule has 2 aromatic carbocycles. The van der Waals surface area contributed by atoms with E-state index in [1.807, 2.05) is 19.1 Å². The number of hydrogen-bond donors (Lipinski definition) is 1. The molecule has 2 fully saturated rings. The highest BCUT2D eigenvalue weighted by Gasteiger charge is 2.30. The standard InChI is InChI=1S/C26H27ClN4O3/c1-17-16-30(12-13-31(17)26(33)34)25(32)19-6-9-21-22(27)15-23(28-24(21)14-19)18-4-7-20(8-5-18)29-10-2-3-11-29/h4-9,14-15,17H,2-3,10-13,16H2,1H3,(H,33,34). The Morgan fingerprint density at radius 3 is 2.41 bits per heavy atom. The monoisotopic (exact) mass is 478 g/mol. The lowest BCUT2D eigenvalue weighted by Gasteiger charge is -2.38. The number of amides is 2. The highest BCUT2D eigenvalue weighted by Crippen LogP contribution is 2.31. The largest absolute Gasteiger partial charge is 0.465 e. The maximum absolute atomic E-state index is 13.2. The number of anilines is 1. The molecule has 7 nitrogen and oxygen atoms in total. The van der Waals surface area contributed by atoms with E-state index < -0.39 is 6.09 Å². The van der Waals surface area contributed by atoms with Crippen LogP contribution in [0, 0.1) is 0 Å². The number of fused-ring (bicyclic) bond motifs is 1. The van der Waals surface area contributed by atoms with Gasteiger partial charge in [0, 0.05) is 61.0 Å². The van der Waals surface area contributed by atoms with Crippen LogP contribution in [-0.4, -0.2) is 70.7 Å². The summed E-state index contributed by atoms with van der Waals surface area (Å²) in [6, 6.07) is 15.4. The fraction of sp³-hybridized carbons (Fsp3) is 0.346. The van der Waals surface area contributed by atoms with Crippen LogP contribution in [0.2, 0.25) is 5.02 Å². The topological polar surface area (TPSA) is 77.0 Å². The van der Waals surface area contributed by atoms with Crippen LogP contribution < -0.4 is 4.90 Å². The molecule has 1 unspecified atom stereocenters. The Hall–Kier alpha value is -3.32. The number of hydrogen-bond acceptors (Lipinski definition) is 4. The normalized spacial score (nSPS) is 18.5. The molecule has 2 amide bonds. The number of benzene rings is 2. The van der Waals surface area contributed by atoms with Gasteiger partial charge in [0.2, 0.25) is 0 Å². The molecule has 0 saturated carbocycles. The maximum atomic E-state index is 13.2. The number of pyridine rings is 1. The minimum atomic E-state index is -0.954. The Balaban J connectivity index is 1.40. The van der Waals surface area contributed by atoms with Crippen molar-refractivity contribution in [2.24, 2.45) is 0 Å². The average molecular weight is 479 g/mol. The lowest BCUT2D eigenvalue weighted by Crippen LogP contribution is -2.55. The smallest absolute Gasteiger partial charge is 0.407 e. The zero-order valence-electron chi connectivity index (χ0n) is 19.1. The van der Waals surface area contributed by atoms with Crippen LogP contribution in [0.3, 0.4) is 0 Å². The van der Waals surface area contributed by atoms with Crippen LogP contribution in [0.25, 0.3) is 22.2 Å². The number of piperazine rings is 1. The molecule has 176 valence electrons. The van der Waals surface area contributed by atoms with E-state index in [1.165, 1.54) is 23.4 Å². The lowest BCUT2D eigenvalue weighted by molar-refractivity contribution is 0.0507. The quantitative estimate of drug-likeness (QED) is 0.574. The molecule has 1 N–H and O–H groups in total. The number of carbonyl (C=O) groups excluding carboxylic acids is 1. The highest BCUT2D eigenvalue weighted by atomic mass is 35.5. The molecule has 2 aliphatic heterocycles. The summed E-state index contributed by atoms with van der Waals surface area (Å²) in [5.41, 5.74) is 4.14. The predicted molar refractivity (Wildman–Crippen MR) is 134 cm³/mol. The van der Waals surface area contributed by atoms with E-state index in [4.69, 9.17) is 16.6 Å². The molecule has 3 aromatic rings. The Morgan fingerprint density at radius 2 is 1.74 bits per heavy atom. The van der Waals surface area contributed by atoms with Gasteiger partial charge in [-0.25, -0.2) is 9.78 Å². The van der Waals surface area contributed by atoms with E-state index in [2.05, 4.69) is 29.2 Å². The van der Waals surface area contributed by atoms with Gasteiger partial charge in [0.25, 0.3) is 5.91 Å². The molecule has 3 heterocycles. The summed E-state index contributed by atoms with van der Waals surface area (Å²) in [5.74, 6) is -0.128. The summed E-state index contributed by atoms with van der Waals surface area (Å²) in [6.07, 6.45) is 1.52. The lowest BCUT2D eigenvalue weighted by atomic mass is 10.1. The van der Waals surface area contributed by atoms with Gasteiger partial charge in [0.15, 0.2) is 0 Å². The van der Waals surface area contributed by atoms with Gasteiger partial charge in [-0.1, -0.05) is 29.8 Å². The molecule has 1 aromatic heterocycles. The second kappa shape index (κ2) is 9.14. The summed E-state index contributed by atoms with van der Waals surface area (Å²) in [4.78, 5) is 34.8. The van der Waals surface area contributed by atoms with Gasteiger partial charge in [0.1, 0.15) is 0 Å². The molecule has 0 aliphatic carbocycles. The van der Waals surface area contributed by atoms with Gasteiger partial charge in [-0.3, -0.25) is 4.79 Å². The van der Waals surface area contributed by atoms with Crippen LogP contribution in [0.5, 0.6) is 0 Å². The predicted octanol–water partition coefficient (Wildman–Crippen LogP) is 4.98. The Bertz CT molecular complexity index is 1240.